The van der Waals surface area contributed by atoms with E-state index in [1.807, 2.05) is 0 Å². The average molecular weight is 275 g/mol. The van der Waals surface area contributed by atoms with E-state index in [1.165, 1.54) is 0 Å². The molecule has 18 heavy (non-hydrogen) atoms. The highest BCUT2D eigenvalue weighted by Crippen LogP contribution is 2.37. The van der Waals surface area contributed by atoms with Crippen molar-refractivity contribution < 1.29 is 9.32 Å². The molecule has 1 heterocycles. The van der Waals surface area contributed by atoms with E-state index in [0.717, 1.165) is 25.7 Å². The molecule has 1 amide bonds. The molecule has 7 heteroatoms. The van der Waals surface area contributed by atoms with Gasteiger partial charge in [0.05, 0.1) is 12.0 Å². The van der Waals surface area contributed by atoms with Crippen LogP contribution < -0.4 is 11.1 Å². The number of nitrogens with zero attached hydrogens (tertiary/aromatic N) is 2. The van der Waals surface area contributed by atoms with Crippen molar-refractivity contribution in [2.24, 2.45) is 11.1 Å². The van der Waals surface area contributed by atoms with Gasteiger partial charge in [-0.25, -0.2) is 0 Å². The molecule has 1 aliphatic rings. The molecule has 0 aromatic carbocycles. The number of hydrogen-bond acceptors (Lipinski definition) is 5. The molecule has 0 atom stereocenters. The van der Waals surface area contributed by atoms with Crippen LogP contribution in [0.15, 0.2) is 4.52 Å². The van der Waals surface area contributed by atoms with Gasteiger partial charge >= 0.3 is 0 Å². The molecule has 3 N–H and O–H groups in total. The predicted molar refractivity (Wildman–Crippen MR) is 68.1 cm³/mol. The first-order valence-electron chi connectivity index (χ1n) is 5.94. The zero-order chi connectivity index (χ0) is 12.3. The maximum absolute atomic E-state index is 12.1. The van der Waals surface area contributed by atoms with E-state index in [4.69, 9.17) is 10.3 Å². The molecular formula is C11H19ClN4O2. The normalized spacial score (nSPS) is 17.2. The summed E-state index contributed by atoms with van der Waals surface area (Å²) in [5, 5.41) is 6.50. The number of rotatable bonds is 4. The molecule has 0 spiro atoms. The summed E-state index contributed by atoms with van der Waals surface area (Å²) in [6.45, 7) is 2.43. The highest BCUT2D eigenvalue weighted by molar-refractivity contribution is 5.85. The molecule has 102 valence electrons. The largest absolute Gasteiger partial charge is 0.346 e. The van der Waals surface area contributed by atoms with Crippen LogP contribution >= 0.6 is 12.4 Å². The number of carbonyl (C=O) groups excluding carboxylic acids is 1. The minimum atomic E-state index is -0.380. The van der Waals surface area contributed by atoms with E-state index in [1.54, 1.807) is 6.92 Å². The van der Waals surface area contributed by atoms with Crippen molar-refractivity contribution in [3.63, 3.8) is 0 Å². The van der Waals surface area contributed by atoms with Crippen molar-refractivity contribution in [3.8, 4) is 0 Å². The van der Waals surface area contributed by atoms with Crippen LogP contribution in [0.2, 0.25) is 0 Å². The van der Waals surface area contributed by atoms with Gasteiger partial charge in [0.2, 0.25) is 11.8 Å². The summed E-state index contributed by atoms with van der Waals surface area (Å²) in [6.07, 6.45) is 3.89. The molecule has 1 saturated carbocycles. The highest BCUT2D eigenvalue weighted by atomic mass is 35.5. The average Bonchev–Trinajstić information content (AvgIpc) is 2.95. The number of halogens is 1. The second kappa shape index (κ2) is 6.15. The van der Waals surface area contributed by atoms with E-state index in [2.05, 4.69) is 15.5 Å². The number of nitrogens with two attached hydrogens (primary N) is 1. The van der Waals surface area contributed by atoms with Crippen LogP contribution in [0, 0.1) is 12.3 Å². The van der Waals surface area contributed by atoms with Crippen LogP contribution in [0.3, 0.4) is 0 Å². The third-order valence-corrected chi connectivity index (χ3v) is 3.40. The maximum Gasteiger partial charge on any atom is 0.246 e. The third-order valence-electron chi connectivity index (χ3n) is 3.40. The van der Waals surface area contributed by atoms with Crippen molar-refractivity contribution in [3.05, 3.63) is 11.7 Å². The number of amides is 1. The molecule has 0 aliphatic heterocycles. The Morgan fingerprint density at radius 1 is 1.50 bits per heavy atom. The second-order valence-electron chi connectivity index (χ2n) is 4.61. The van der Waals surface area contributed by atoms with Crippen LogP contribution in [0.25, 0.3) is 0 Å². The summed E-state index contributed by atoms with van der Waals surface area (Å²) < 4.78 is 4.94. The quantitative estimate of drug-likeness (QED) is 0.852. The van der Waals surface area contributed by atoms with Crippen molar-refractivity contribution in [2.45, 2.75) is 39.2 Å². The maximum atomic E-state index is 12.1. The smallest absolute Gasteiger partial charge is 0.246 e. The first-order valence-corrected chi connectivity index (χ1v) is 5.94. The Hall–Kier alpha value is -1.14. The number of aryl methyl sites for hydroxylation is 1. The van der Waals surface area contributed by atoms with E-state index in [0.29, 0.717) is 18.3 Å². The lowest BCUT2D eigenvalue weighted by atomic mass is 9.85. The zero-order valence-corrected chi connectivity index (χ0v) is 11.3. The summed E-state index contributed by atoms with van der Waals surface area (Å²) in [4.78, 5) is 16.1. The first kappa shape index (κ1) is 14.9. The van der Waals surface area contributed by atoms with Gasteiger partial charge in [-0.15, -0.1) is 12.4 Å². The van der Waals surface area contributed by atoms with Gasteiger partial charge in [0.1, 0.15) is 0 Å². The van der Waals surface area contributed by atoms with Crippen molar-refractivity contribution in [2.75, 3.05) is 6.54 Å². The highest BCUT2D eigenvalue weighted by Gasteiger charge is 2.39. The van der Waals surface area contributed by atoms with Crippen LogP contribution in [0.4, 0.5) is 0 Å². The fraction of sp³-hybridized carbons (Fsp3) is 0.727. The lowest BCUT2D eigenvalue weighted by Crippen LogP contribution is -2.43. The SMILES string of the molecule is Cc1noc(CNC(=O)C2(CN)CCCC2)n1.Cl. The van der Waals surface area contributed by atoms with Crippen LogP contribution in [0.5, 0.6) is 0 Å². The third kappa shape index (κ3) is 3.00. The molecule has 6 nitrogen and oxygen atoms in total. The standard InChI is InChI=1S/C11H18N4O2.ClH/c1-8-14-9(17-15-8)6-13-10(16)11(7-12)4-2-3-5-11;/h2-7,12H2,1H3,(H,13,16);1H. The first-order chi connectivity index (χ1) is 8.16. The fourth-order valence-corrected chi connectivity index (χ4v) is 2.33. The second-order valence-corrected chi connectivity index (χ2v) is 4.61. The zero-order valence-electron chi connectivity index (χ0n) is 10.4. The fourth-order valence-electron chi connectivity index (χ4n) is 2.33. The van der Waals surface area contributed by atoms with Gasteiger partial charge < -0.3 is 15.6 Å². The Bertz CT molecular complexity index is 402. The predicted octanol–water partition coefficient (Wildman–Crippen LogP) is 0.935. The molecule has 2 rings (SSSR count). The van der Waals surface area contributed by atoms with Crippen molar-refractivity contribution in [1.82, 2.24) is 15.5 Å². The topological polar surface area (TPSA) is 94.0 Å². The molecule has 0 unspecified atom stereocenters. The molecule has 1 aliphatic carbocycles. The van der Waals surface area contributed by atoms with Crippen LogP contribution in [-0.4, -0.2) is 22.6 Å². The monoisotopic (exact) mass is 274 g/mol. The molecule has 0 radical (unpaired) electrons. The van der Waals surface area contributed by atoms with Gasteiger partial charge in [-0.1, -0.05) is 18.0 Å². The van der Waals surface area contributed by atoms with Gasteiger partial charge in [0.25, 0.3) is 0 Å². The van der Waals surface area contributed by atoms with Gasteiger partial charge in [0, 0.05) is 6.54 Å². The van der Waals surface area contributed by atoms with Crippen molar-refractivity contribution in [1.29, 1.82) is 0 Å². The minimum Gasteiger partial charge on any atom is -0.346 e. The van der Waals surface area contributed by atoms with Gasteiger partial charge in [-0.3, -0.25) is 4.79 Å². The number of carbonyl (C=O) groups is 1. The summed E-state index contributed by atoms with van der Waals surface area (Å²) in [6, 6.07) is 0. The molecule has 1 aromatic heterocycles. The Kier molecular flexibility index (Phi) is 5.10. The van der Waals surface area contributed by atoms with E-state index in [-0.39, 0.29) is 30.3 Å². The number of aromatic nitrogens is 2. The lowest BCUT2D eigenvalue weighted by molar-refractivity contribution is -0.130. The Balaban J connectivity index is 0.00000162. The minimum absolute atomic E-state index is 0. The molecule has 0 bridgehead atoms. The van der Waals surface area contributed by atoms with Crippen LogP contribution in [-0.2, 0) is 11.3 Å². The van der Waals surface area contributed by atoms with Gasteiger partial charge in [-0.2, -0.15) is 4.98 Å². The Morgan fingerprint density at radius 2 is 2.17 bits per heavy atom. The Morgan fingerprint density at radius 3 is 2.67 bits per heavy atom. The molecule has 1 aromatic rings. The summed E-state index contributed by atoms with van der Waals surface area (Å²) in [5.74, 6) is 1.01. The van der Waals surface area contributed by atoms with E-state index in [9.17, 15) is 4.79 Å². The van der Waals surface area contributed by atoms with Gasteiger partial charge in [-0.05, 0) is 19.8 Å². The number of hydrogen-bond donors (Lipinski definition) is 2. The van der Waals surface area contributed by atoms with Crippen LogP contribution in [0.1, 0.15) is 37.4 Å². The van der Waals surface area contributed by atoms with Crippen molar-refractivity contribution >= 4 is 18.3 Å². The summed E-state index contributed by atoms with van der Waals surface area (Å²) in [7, 11) is 0. The van der Waals surface area contributed by atoms with E-state index >= 15 is 0 Å². The molecule has 1 fully saturated rings. The lowest BCUT2D eigenvalue weighted by Gasteiger charge is -2.25. The molecular weight excluding hydrogens is 256 g/mol. The van der Waals surface area contributed by atoms with E-state index < -0.39 is 0 Å². The summed E-state index contributed by atoms with van der Waals surface area (Å²) in [5.41, 5.74) is 5.35. The Labute approximate surface area is 112 Å². The van der Waals surface area contributed by atoms with Gasteiger partial charge in [0.15, 0.2) is 5.82 Å². The number of nitrogens with one attached hydrogen (secondary N) is 1. The summed E-state index contributed by atoms with van der Waals surface area (Å²) >= 11 is 0. The molecule has 0 saturated heterocycles.